The summed E-state index contributed by atoms with van der Waals surface area (Å²) in [7, 11) is 0. The molecule has 0 radical (unpaired) electrons. The first-order chi connectivity index (χ1) is 11.0. The molecule has 0 aliphatic carbocycles. The number of nitrogens with zero attached hydrogens (tertiary/aromatic N) is 2. The molecular weight excluding hydrogens is 320 g/mol. The lowest BCUT2D eigenvalue weighted by atomic mass is 10.2. The quantitative estimate of drug-likeness (QED) is 0.845. The molecule has 1 amide bonds. The van der Waals surface area contributed by atoms with E-state index < -0.39 is 11.2 Å². The van der Waals surface area contributed by atoms with Gasteiger partial charge >= 0.3 is 5.69 Å². The third-order valence-electron chi connectivity index (χ3n) is 3.75. The zero-order chi connectivity index (χ0) is 16.4. The number of aromatic amines is 2. The molecule has 7 nitrogen and oxygen atoms in total. The highest BCUT2D eigenvalue weighted by Gasteiger charge is 2.23. The smallest absolute Gasteiger partial charge is 0.326 e. The Labute approximate surface area is 136 Å². The van der Waals surface area contributed by atoms with Gasteiger partial charge in [0.2, 0.25) is 0 Å². The molecule has 1 aliphatic heterocycles. The van der Waals surface area contributed by atoms with Gasteiger partial charge in [-0.15, -0.1) is 0 Å². The summed E-state index contributed by atoms with van der Waals surface area (Å²) in [5, 5.41) is 0.681. The van der Waals surface area contributed by atoms with Gasteiger partial charge in [0.15, 0.2) is 0 Å². The van der Waals surface area contributed by atoms with Crippen LogP contribution in [-0.2, 0) is 0 Å². The molecule has 1 aromatic carbocycles. The molecule has 2 aromatic rings. The Balaban J connectivity index is 1.68. The summed E-state index contributed by atoms with van der Waals surface area (Å²) < 4.78 is 0. The lowest BCUT2D eigenvalue weighted by Gasteiger charge is -2.36. The van der Waals surface area contributed by atoms with Crippen LogP contribution in [0.5, 0.6) is 0 Å². The van der Waals surface area contributed by atoms with E-state index in [1.165, 1.54) is 0 Å². The van der Waals surface area contributed by atoms with Gasteiger partial charge in [0, 0.05) is 43.0 Å². The van der Waals surface area contributed by atoms with Gasteiger partial charge in [-0.3, -0.25) is 14.6 Å². The van der Waals surface area contributed by atoms with E-state index in [0.29, 0.717) is 31.2 Å². The number of anilines is 1. The van der Waals surface area contributed by atoms with Crippen molar-refractivity contribution in [3.05, 3.63) is 61.9 Å². The average Bonchev–Trinajstić information content (AvgIpc) is 2.54. The van der Waals surface area contributed by atoms with Crippen molar-refractivity contribution >= 4 is 23.2 Å². The minimum atomic E-state index is -0.680. The second kappa shape index (κ2) is 6.29. The number of nitrogens with one attached hydrogen (secondary N) is 2. The van der Waals surface area contributed by atoms with Crippen LogP contribution in [0.25, 0.3) is 0 Å². The first kappa shape index (κ1) is 15.4. The number of rotatable bonds is 2. The van der Waals surface area contributed by atoms with Crippen LogP contribution >= 0.6 is 11.6 Å². The molecule has 3 rings (SSSR count). The molecule has 23 heavy (non-hydrogen) atoms. The van der Waals surface area contributed by atoms with Crippen molar-refractivity contribution in [1.82, 2.24) is 14.9 Å². The number of aromatic nitrogens is 2. The fraction of sp³-hybridized carbons (Fsp3) is 0.267. The predicted octanol–water partition coefficient (Wildman–Crippen LogP) is 0.679. The van der Waals surface area contributed by atoms with E-state index in [1.54, 1.807) is 4.90 Å². The molecule has 2 N–H and O–H groups in total. The molecule has 2 heterocycles. The van der Waals surface area contributed by atoms with E-state index in [0.717, 1.165) is 11.8 Å². The van der Waals surface area contributed by atoms with E-state index in [9.17, 15) is 14.4 Å². The molecule has 0 atom stereocenters. The monoisotopic (exact) mass is 334 g/mol. The predicted molar refractivity (Wildman–Crippen MR) is 87.3 cm³/mol. The van der Waals surface area contributed by atoms with Crippen LogP contribution in [-0.4, -0.2) is 47.0 Å². The van der Waals surface area contributed by atoms with E-state index in [2.05, 4.69) is 9.88 Å². The molecule has 0 spiro atoms. The summed E-state index contributed by atoms with van der Waals surface area (Å²) in [6.07, 6.45) is 0. The van der Waals surface area contributed by atoms with Gasteiger partial charge in [-0.05, 0) is 24.3 Å². The summed E-state index contributed by atoms with van der Waals surface area (Å²) >= 11 is 5.88. The molecule has 1 aromatic heterocycles. The van der Waals surface area contributed by atoms with Crippen molar-refractivity contribution in [3.63, 3.8) is 0 Å². The van der Waals surface area contributed by atoms with Gasteiger partial charge in [-0.25, -0.2) is 4.79 Å². The minimum absolute atomic E-state index is 0.0127. The van der Waals surface area contributed by atoms with Crippen LogP contribution in [0.1, 0.15) is 10.5 Å². The second-order valence-corrected chi connectivity index (χ2v) is 5.69. The van der Waals surface area contributed by atoms with Crippen molar-refractivity contribution in [2.75, 3.05) is 31.1 Å². The van der Waals surface area contributed by atoms with Crippen LogP contribution in [0.4, 0.5) is 5.69 Å². The highest BCUT2D eigenvalue weighted by atomic mass is 35.5. The zero-order valence-corrected chi connectivity index (χ0v) is 13.0. The molecule has 120 valence electrons. The van der Waals surface area contributed by atoms with Gasteiger partial charge in [0.25, 0.3) is 11.5 Å². The van der Waals surface area contributed by atoms with Crippen LogP contribution in [0.3, 0.4) is 0 Å². The van der Waals surface area contributed by atoms with Gasteiger partial charge in [-0.2, -0.15) is 0 Å². The Morgan fingerprint density at radius 1 is 1.00 bits per heavy atom. The van der Waals surface area contributed by atoms with Gasteiger partial charge in [0.05, 0.1) is 0 Å². The Morgan fingerprint density at radius 3 is 2.26 bits per heavy atom. The fourth-order valence-electron chi connectivity index (χ4n) is 2.57. The number of piperazine rings is 1. The summed E-state index contributed by atoms with van der Waals surface area (Å²) in [6, 6.07) is 8.64. The van der Waals surface area contributed by atoms with E-state index in [1.807, 2.05) is 29.2 Å². The first-order valence-electron chi connectivity index (χ1n) is 7.16. The molecule has 1 fully saturated rings. The van der Waals surface area contributed by atoms with Gasteiger partial charge in [0.1, 0.15) is 5.69 Å². The molecular formula is C15H15ClN4O3. The Hall–Kier alpha value is -2.54. The summed E-state index contributed by atoms with van der Waals surface area (Å²) in [6.45, 7) is 2.36. The number of hydrogen-bond acceptors (Lipinski definition) is 4. The Kier molecular flexibility index (Phi) is 4.20. The van der Waals surface area contributed by atoms with Crippen LogP contribution in [0.15, 0.2) is 39.9 Å². The normalized spacial score (nSPS) is 14.8. The molecule has 1 aliphatic rings. The number of amides is 1. The van der Waals surface area contributed by atoms with Crippen molar-refractivity contribution in [3.8, 4) is 0 Å². The maximum atomic E-state index is 12.4. The number of carbonyl (C=O) groups is 1. The highest BCUT2D eigenvalue weighted by Crippen LogP contribution is 2.19. The topological polar surface area (TPSA) is 89.3 Å². The van der Waals surface area contributed by atoms with Crippen LogP contribution in [0.2, 0.25) is 5.02 Å². The lowest BCUT2D eigenvalue weighted by molar-refractivity contribution is 0.0740. The van der Waals surface area contributed by atoms with Gasteiger partial charge in [-0.1, -0.05) is 11.6 Å². The maximum absolute atomic E-state index is 12.4. The molecule has 1 saturated heterocycles. The first-order valence-corrected chi connectivity index (χ1v) is 7.54. The van der Waals surface area contributed by atoms with Crippen LogP contribution < -0.4 is 16.1 Å². The molecule has 0 unspecified atom stereocenters. The highest BCUT2D eigenvalue weighted by molar-refractivity contribution is 6.30. The van der Waals surface area contributed by atoms with E-state index in [-0.39, 0.29) is 11.6 Å². The summed E-state index contributed by atoms with van der Waals surface area (Å²) in [5.74, 6) is -0.344. The summed E-state index contributed by atoms with van der Waals surface area (Å²) in [5.41, 5.74) is -0.206. The zero-order valence-electron chi connectivity index (χ0n) is 12.2. The SMILES string of the molecule is O=C(c1cc(=O)[nH]c(=O)[nH]1)N1CCN(c2ccc(Cl)cc2)CC1. The third kappa shape index (κ3) is 3.45. The summed E-state index contributed by atoms with van der Waals surface area (Å²) in [4.78, 5) is 43.1. The molecule has 0 bridgehead atoms. The lowest BCUT2D eigenvalue weighted by Crippen LogP contribution is -2.49. The Bertz CT molecular complexity index is 791. The third-order valence-corrected chi connectivity index (χ3v) is 4.00. The maximum Gasteiger partial charge on any atom is 0.326 e. The molecule has 8 heteroatoms. The number of halogens is 1. The van der Waals surface area contributed by atoms with Crippen LogP contribution in [0, 0.1) is 0 Å². The number of H-pyrrole nitrogens is 2. The second-order valence-electron chi connectivity index (χ2n) is 5.26. The number of carbonyl (C=O) groups excluding carboxylic acids is 1. The Morgan fingerprint density at radius 2 is 1.65 bits per heavy atom. The van der Waals surface area contributed by atoms with Crippen molar-refractivity contribution < 1.29 is 4.79 Å². The van der Waals surface area contributed by atoms with E-state index >= 15 is 0 Å². The average molecular weight is 335 g/mol. The van der Waals surface area contributed by atoms with Gasteiger partial charge < -0.3 is 14.8 Å². The fourth-order valence-corrected chi connectivity index (χ4v) is 2.70. The minimum Gasteiger partial charge on any atom is -0.368 e. The number of benzene rings is 1. The van der Waals surface area contributed by atoms with Crippen molar-refractivity contribution in [2.45, 2.75) is 0 Å². The molecule has 0 saturated carbocycles. The largest absolute Gasteiger partial charge is 0.368 e. The van der Waals surface area contributed by atoms with Crippen molar-refractivity contribution in [2.24, 2.45) is 0 Å². The van der Waals surface area contributed by atoms with Crippen molar-refractivity contribution in [1.29, 1.82) is 0 Å². The number of hydrogen-bond donors (Lipinski definition) is 2. The van der Waals surface area contributed by atoms with E-state index in [4.69, 9.17) is 11.6 Å². The standard InChI is InChI=1S/C15H15ClN4O3/c16-10-1-3-11(4-2-10)19-5-7-20(8-6-19)14(22)12-9-13(21)18-15(23)17-12/h1-4,9H,5-8H2,(H2,17,18,21,23).